The third-order valence-corrected chi connectivity index (χ3v) is 6.10. The molecule has 1 aromatic heterocycles. The van der Waals surface area contributed by atoms with Gasteiger partial charge in [-0.15, -0.1) is 0 Å². The Morgan fingerprint density at radius 2 is 1.88 bits per heavy atom. The van der Waals surface area contributed by atoms with Gasteiger partial charge < -0.3 is 9.64 Å². The lowest BCUT2D eigenvalue weighted by molar-refractivity contribution is -0.140. The lowest BCUT2D eigenvalue weighted by Crippen LogP contribution is -2.26. The predicted octanol–water partition coefficient (Wildman–Crippen LogP) is 4.57. The maximum absolute atomic E-state index is 12.8. The number of ketones is 1. The van der Waals surface area contributed by atoms with E-state index in [1.165, 1.54) is 26.0 Å². The van der Waals surface area contributed by atoms with E-state index in [4.69, 9.17) is 16.3 Å². The van der Waals surface area contributed by atoms with Gasteiger partial charge in [0.05, 0.1) is 11.4 Å². The number of anilines is 1. The Balaban J connectivity index is 1.43. The van der Waals surface area contributed by atoms with Gasteiger partial charge in [0.25, 0.3) is 0 Å². The van der Waals surface area contributed by atoms with Gasteiger partial charge >= 0.3 is 5.97 Å². The quantitative estimate of drug-likeness (QED) is 0.295. The van der Waals surface area contributed by atoms with Crippen molar-refractivity contribution in [2.75, 3.05) is 11.4 Å². The summed E-state index contributed by atoms with van der Waals surface area (Å²) in [4.78, 5) is 38.6. The monoisotopic (exact) mass is 477 g/mol. The minimum absolute atomic E-state index is 0.0310. The van der Waals surface area contributed by atoms with Crippen LogP contribution >= 0.6 is 11.6 Å². The van der Waals surface area contributed by atoms with Crippen LogP contribution in [0.1, 0.15) is 41.0 Å². The Morgan fingerprint density at radius 1 is 1.15 bits per heavy atom. The number of nitrogens with zero attached hydrogens (tertiary/aromatic N) is 3. The maximum atomic E-state index is 12.8. The molecule has 174 valence electrons. The molecule has 1 atom stereocenters. The van der Waals surface area contributed by atoms with Crippen molar-refractivity contribution in [1.29, 1.82) is 0 Å². The van der Waals surface area contributed by atoms with Crippen LogP contribution in [0, 0.1) is 6.92 Å². The zero-order valence-corrected chi connectivity index (χ0v) is 19.9. The van der Waals surface area contributed by atoms with Gasteiger partial charge in [-0.25, -0.2) is 9.48 Å². The summed E-state index contributed by atoms with van der Waals surface area (Å²) >= 11 is 6.48. The fourth-order valence-corrected chi connectivity index (χ4v) is 4.31. The van der Waals surface area contributed by atoms with Crippen molar-refractivity contribution in [3.05, 3.63) is 82.1 Å². The molecule has 0 saturated heterocycles. The fourth-order valence-electron chi connectivity index (χ4n) is 3.98. The zero-order chi connectivity index (χ0) is 24.4. The molecule has 0 N–H and O–H groups in total. The van der Waals surface area contributed by atoms with Crippen LogP contribution in [0.2, 0.25) is 5.15 Å². The van der Waals surface area contributed by atoms with Gasteiger partial charge in [0, 0.05) is 36.4 Å². The van der Waals surface area contributed by atoms with Crippen molar-refractivity contribution in [3.8, 4) is 5.69 Å². The number of aryl methyl sites for hydroxylation is 1. The average molecular weight is 478 g/mol. The molecule has 0 spiro atoms. The summed E-state index contributed by atoms with van der Waals surface area (Å²) in [5.74, 6) is -0.999. The Labute approximate surface area is 202 Å². The topological polar surface area (TPSA) is 81.5 Å². The molecule has 0 fully saturated rings. The van der Waals surface area contributed by atoms with E-state index in [0.717, 1.165) is 16.9 Å². The van der Waals surface area contributed by atoms with E-state index in [1.54, 1.807) is 34.7 Å². The van der Waals surface area contributed by atoms with Gasteiger partial charge in [-0.05, 0) is 62.2 Å². The molecule has 7 nitrogen and oxygen atoms in total. The molecule has 3 aromatic rings. The predicted molar refractivity (Wildman–Crippen MR) is 130 cm³/mol. The van der Waals surface area contributed by atoms with Gasteiger partial charge in [-0.1, -0.05) is 29.8 Å². The van der Waals surface area contributed by atoms with Crippen molar-refractivity contribution >= 4 is 41.0 Å². The van der Waals surface area contributed by atoms with Crippen LogP contribution in [-0.2, 0) is 20.7 Å². The van der Waals surface area contributed by atoms with Gasteiger partial charge in [-0.3, -0.25) is 9.59 Å². The number of aromatic nitrogens is 2. The summed E-state index contributed by atoms with van der Waals surface area (Å²) in [6.45, 7) is 5.45. The number of halogens is 1. The third-order valence-electron chi connectivity index (χ3n) is 5.74. The van der Waals surface area contributed by atoms with Crippen LogP contribution in [0.3, 0.4) is 0 Å². The van der Waals surface area contributed by atoms with E-state index in [-0.39, 0.29) is 11.7 Å². The number of benzene rings is 2. The first-order valence-electron chi connectivity index (χ1n) is 10.9. The molecular formula is C26H24ClN3O4. The molecule has 4 rings (SSSR count). The zero-order valence-electron chi connectivity index (χ0n) is 19.1. The molecule has 1 aliphatic heterocycles. The van der Waals surface area contributed by atoms with Crippen LogP contribution in [-0.4, -0.2) is 40.1 Å². The fraction of sp³-hybridized carbons (Fsp3) is 0.231. The third kappa shape index (κ3) is 4.65. The van der Waals surface area contributed by atoms with Gasteiger partial charge in [0.1, 0.15) is 5.15 Å². The number of carbonyl (C=O) groups is 3. The minimum Gasteiger partial charge on any atom is -0.451 e. The molecule has 1 aliphatic rings. The van der Waals surface area contributed by atoms with Crippen molar-refractivity contribution in [1.82, 2.24) is 9.78 Å². The van der Waals surface area contributed by atoms with Crippen molar-refractivity contribution in [2.24, 2.45) is 0 Å². The number of amides is 1. The standard InChI is InChI=1S/C26H24ClN3O4/c1-16-22(26(27)30(28-16)21-7-5-4-6-8-21)10-12-24(32)34-17(2)25(33)20-9-11-23-19(15-20)13-14-29(23)18(3)31/h4-12,15,17H,13-14H2,1-3H3. The summed E-state index contributed by atoms with van der Waals surface area (Å²) in [6, 6.07) is 14.6. The molecule has 2 heterocycles. The van der Waals surface area contributed by atoms with E-state index in [1.807, 2.05) is 30.3 Å². The van der Waals surface area contributed by atoms with E-state index in [9.17, 15) is 14.4 Å². The largest absolute Gasteiger partial charge is 0.451 e. The molecule has 1 amide bonds. The highest BCUT2D eigenvalue weighted by Crippen LogP contribution is 2.29. The Hall–Kier alpha value is -3.71. The minimum atomic E-state index is -0.968. The summed E-state index contributed by atoms with van der Waals surface area (Å²) < 4.78 is 6.92. The Morgan fingerprint density at radius 3 is 2.59 bits per heavy atom. The lowest BCUT2D eigenvalue weighted by Gasteiger charge is -2.15. The lowest BCUT2D eigenvalue weighted by atomic mass is 10.0. The smallest absolute Gasteiger partial charge is 0.331 e. The first-order valence-corrected chi connectivity index (χ1v) is 11.3. The average Bonchev–Trinajstić information content (AvgIpc) is 3.37. The van der Waals surface area contributed by atoms with E-state index >= 15 is 0 Å². The molecule has 0 radical (unpaired) electrons. The Bertz CT molecular complexity index is 1300. The second kappa shape index (κ2) is 9.65. The Kier molecular flexibility index (Phi) is 6.65. The van der Waals surface area contributed by atoms with Crippen molar-refractivity contribution < 1.29 is 19.1 Å². The maximum Gasteiger partial charge on any atom is 0.331 e. The molecule has 1 unspecified atom stereocenters. The van der Waals surface area contributed by atoms with E-state index < -0.39 is 12.1 Å². The van der Waals surface area contributed by atoms with Crippen molar-refractivity contribution in [2.45, 2.75) is 33.3 Å². The number of hydrogen-bond donors (Lipinski definition) is 0. The highest BCUT2D eigenvalue weighted by molar-refractivity contribution is 6.31. The number of fused-ring (bicyclic) bond motifs is 1. The number of esters is 1. The number of carbonyl (C=O) groups excluding carboxylic acids is 3. The van der Waals surface area contributed by atoms with Crippen LogP contribution in [0.5, 0.6) is 0 Å². The van der Waals surface area contributed by atoms with Crippen molar-refractivity contribution in [3.63, 3.8) is 0 Å². The normalized spacial score (nSPS) is 13.7. The summed E-state index contributed by atoms with van der Waals surface area (Å²) in [5.41, 5.74) is 4.24. The molecular weight excluding hydrogens is 454 g/mol. The molecule has 0 aliphatic carbocycles. The SMILES string of the molecule is CC(=O)N1CCc2cc(C(=O)C(C)OC(=O)C=Cc3c(C)nn(-c4ccccc4)c3Cl)ccc21. The van der Waals surface area contributed by atoms with E-state index in [0.29, 0.717) is 34.9 Å². The molecule has 0 saturated carbocycles. The number of hydrogen-bond acceptors (Lipinski definition) is 5. The van der Waals surface area contributed by atoms with Crippen LogP contribution in [0.25, 0.3) is 11.8 Å². The summed E-state index contributed by atoms with van der Waals surface area (Å²) in [7, 11) is 0. The number of rotatable bonds is 6. The summed E-state index contributed by atoms with van der Waals surface area (Å²) in [5, 5.41) is 4.80. The van der Waals surface area contributed by atoms with Crippen LogP contribution in [0.15, 0.2) is 54.6 Å². The molecule has 34 heavy (non-hydrogen) atoms. The van der Waals surface area contributed by atoms with Crippen LogP contribution < -0.4 is 4.90 Å². The molecule has 0 bridgehead atoms. The van der Waals surface area contributed by atoms with Crippen LogP contribution in [0.4, 0.5) is 5.69 Å². The first kappa shape index (κ1) is 23.4. The number of Topliss-reactive ketones (excluding diaryl/α,β-unsaturated/α-hetero) is 1. The number of ether oxygens (including phenoxy) is 1. The second-order valence-corrected chi connectivity index (χ2v) is 8.44. The number of para-hydroxylation sites is 1. The second-order valence-electron chi connectivity index (χ2n) is 8.08. The van der Waals surface area contributed by atoms with Gasteiger partial charge in [0.2, 0.25) is 11.7 Å². The summed E-state index contributed by atoms with van der Waals surface area (Å²) in [6.07, 6.45) is 2.49. The highest BCUT2D eigenvalue weighted by atomic mass is 35.5. The first-order chi connectivity index (χ1) is 16.3. The van der Waals surface area contributed by atoms with Gasteiger partial charge in [0.15, 0.2) is 6.10 Å². The van der Waals surface area contributed by atoms with Gasteiger partial charge in [-0.2, -0.15) is 5.10 Å². The molecule has 2 aromatic carbocycles. The highest BCUT2D eigenvalue weighted by Gasteiger charge is 2.25. The van der Waals surface area contributed by atoms with E-state index in [2.05, 4.69) is 5.10 Å². The molecule has 8 heteroatoms.